The normalized spacial score (nSPS) is 19.9. The van der Waals surface area contributed by atoms with Gasteiger partial charge in [0.05, 0.1) is 11.3 Å². The molecule has 0 saturated carbocycles. The topological polar surface area (TPSA) is 58.1 Å². The highest BCUT2D eigenvalue weighted by molar-refractivity contribution is 7.15. The third kappa shape index (κ3) is 3.61. The summed E-state index contributed by atoms with van der Waals surface area (Å²) in [6.45, 7) is 4.20. The van der Waals surface area contributed by atoms with Gasteiger partial charge in [-0.25, -0.2) is 9.97 Å². The second-order valence-corrected chi connectivity index (χ2v) is 8.37. The minimum absolute atomic E-state index is 0.100. The van der Waals surface area contributed by atoms with Crippen LogP contribution in [-0.4, -0.2) is 29.0 Å². The average molecular weight is 371 g/mol. The van der Waals surface area contributed by atoms with Crippen molar-refractivity contribution in [1.29, 1.82) is 0 Å². The monoisotopic (exact) mass is 370 g/mol. The molecule has 1 N–H and O–H groups in total. The third-order valence-electron chi connectivity index (χ3n) is 5.53. The zero-order valence-corrected chi connectivity index (χ0v) is 16.1. The van der Waals surface area contributed by atoms with Crippen LogP contribution in [0.3, 0.4) is 0 Å². The van der Waals surface area contributed by atoms with Crippen LogP contribution < -0.4 is 10.2 Å². The Balaban J connectivity index is 1.52. The molecule has 0 aromatic carbocycles. The first kappa shape index (κ1) is 17.5. The molecule has 0 bridgehead atoms. The van der Waals surface area contributed by atoms with Gasteiger partial charge in [0.1, 0.15) is 5.82 Å². The van der Waals surface area contributed by atoms with Crippen molar-refractivity contribution in [3.8, 4) is 0 Å². The fraction of sp³-hybridized carbons (Fsp3) is 0.550. The summed E-state index contributed by atoms with van der Waals surface area (Å²) in [6.07, 6.45) is 9.92. The van der Waals surface area contributed by atoms with Crippen LogP contribution in [0.2, 0.25) is 0 Å². The predicted octanol–water partition coefficient (Wildman–Crippen LogP) is 4.30. The van der Waals surface area contributed by atoms with Crippen LogP contribution in [0.25, 0.3) is 0 Å². The first-order valence-electron chi connectivity index (χ1n) is 9.74. The molecule has 1 aliphatic heterocycles. The zero-order chi connectivity index (χ0) is 17.9. The molecule has 0 radical (unpaired) electrons. The Kier molecular flexibility index (Phi) is 5.20. The number of pyridine rings is 1. The van der Waals surface area contributed by atoms with Gasteiger partial charge in [-0.2, -0.15) is 0 Å². The number of piperidine rings is 1. The maximum absolute atomic E-state index is 12.9. The van der Waals surface area contributed by atoms with Gasteiger partial charge in [0, 0.05) is 24.2 Å². The first-order chi connectivity index (χ1) is 12.7. The maximum Gasteiger partial charge on any atom is 0.261 e. The third-order valence-corrected chi connectivity index (χ3v) is 6.56. The summed E-state index contributed by atoms with van der Waals surface area (Å²) in [6, 6.07) is 3.70. The fourth-order valence-electron chi connectivity index (χ4n) is 3.94. The lowest BCUT2D eigenvalue weighted by atomic mass is 9.89. The number of hydrogen-bond donors (Lipinski definition) is 1. The molecule has 1 unspecified atom stereocenters. The van der Waals surface area contributed by atoms with Gasteiger partial charge in [0.2, 0.25) is 0 Å². The molecular formula is C20H26N4OS. The lowest BCUT2D eigenvalue weighted by Gasteiger charge is -2.28. The summed E-state index contributed by atoms with van der Waals surface area (Å²) in [7, 11) is 0. The van der Waals surface area contributed by atoms with Crippen molar-refractivity contribution in [2.24, 2.45) is 5.92 Å². The first-order valence-corrected chi connectivity index (χ1v) is 10.6. The lowest BCUT2D eigenvalue weighted by molar-refractivity contribution is 0.102. The van der Waals surface area contributed by atoms with Crippen LogP contribution in [0.1, 0.15) is 60.0 Å². The number of aryl methyl sites for hydroxylation is 1. The van der Waals surface area contributed by atoms with Crippen molar-refractivity contribution in [3.05, 3.63) is 34.5 Å². The number of carbonyl (C=O) groups excluding carboxylic acids is 1. The zero-order valence-electron chi connectivity index (χ0n) is 15.3. The molecule has 0 spiro atoms. The minimum Gasteiger partial charge on any atom is -0.356 e. The minimum atomic E-state index is -0.100. The summed E-state index contributed by atoms with van der Waals surface area (Å²) in [5.41, 5.74) is 1.83. The average Bonchev–Trinajstić information content (AvgIpc) is 3.09. The smallest absolute Gasteiger partial charge is 0.261 e. The van der Waals surface area contributed by atoms with Gasteiger partial charge in [-0.1, -0.05) is 13.3 Å². The van der Waals surface area contributed by atoms with Crippen LogP contribution in [0, 0.1) is 5.92 Å². The molecule has 26 heavy (non-hydrogen) atoms. The molecule has 1 atom stereocenters. The second kappa shape index (κ2) is 7.74. The van der Waals surface area contributed by atoms with E-state index in [1.807, 2.05) is 12.1 Å². The molecule has 1 fully saturated rings. The number of aromatic nitrogens is 2. The summed E-state index contributed by atoms with van der Waals surface area (Å²) in [4.78, 5) is 25.7. The highest BCUT2D eigenvalue weighted by atomic mass is 32.1. The molecule has 138 valence electrons. The molecule has 1 aliphatic carbocycles. The SMILES string of the molecule is CCC1CCc2nc(NC(=O)c3cccnc3N3CCCCC3)sc2C1. The van der Waals surface area contributed by atoms with E-state index in [0.29, 0.717) is 5.56 Å². The van der Waals surface area contributed by atoms with Crippen molar-refractivity contribution >= 4 is 28.2 Å². The number of amides is 1. The molecule has 4 rings (SSSR count). The lowest BCUT2D eigenvalue weighted by Crippen LogP contribution is -2.32. The Bertz CT molecular complexity index is 782. The summed E-state index contributed by atoms with van der Waals surface area (Å²) in [5.74, 6) is 1.46. The Labute approximate surface area is 158 Å². The summed E-state index contributed by atoms with van der Waals surface area (Å²) >= 11 is 1.64. The van der Waals surface area contributed by atoms with E-state index >= 15 is 0 Å². The Morgan fingerprint density at radius 1 is 1.35 bits per heavy atom. The van der Waals surface area contributed by atoms with Gasteiger partial charge in [-0.05, 0) is 56.6 Å². The quantitative estimate of drug-likeness (QED) is 0.872. The second-order valence-electron chi connectivity index (χ2n) is 7.28. The number of hydrogen-bond acceptors (Lipinski definition) is 5. The van der Waals surface area contributed by atoms with Gasteiger partial charge < -0.3 is 4.90 Å². The molecule has 6 heteroatoms. The van der Waals surface area contributed by atoms with E-state index in [2.05, 4.69) is 27.1 Å². The maximum atomic E-state index is 12.9. The van der Waals surface area contributed by atoms with Gasteiger partial charge in [0.15, 0.2) is 5.13 Å². The van der Waals surface area contributed by atoms with Gasteiger partial charge in [-0.15, -0.1) is 11.3 Å². The van der Waals surface area contributed by atoms with Crippen LogP contribution in [0.5, 0.6) is 0 Å². The van der Waals surface area contributed by atoms with Gasteiger partial charge >= 0.3 is 0 Å². The van der Waals surface area contributed by atoms with E-state index in [9.17, 15) is 4.79 Å². The van der Waals surface area contributed by atoms with Crippen molar-refractivity contribution in [3.63, 3.8) is 0 Å². The van der Waals surface area contributed by atoms with E-state index < -0.39 is 0 Å². The predicted molar refractivity (Wildman–Crippen MR) is 106 cm³/mol. The number of nitrogens with zero attached hydrogens (tertiary/aromatic N) is 3. The van der Waals surface area contributed by atoms with Gasteiger partial charge in [-0.3, -0.25) is 10.1 Å². The molecule has 5 nitrogen and oxygen atoms in total. The van der Waals surface area contributed by atoms with E-state index in [1.165, 1.54) is 29.8 Å². The number of rotatable bonds is 4. The Morgan fingerprint density at radius 2 is 2.19 bits per heavy atom. The van der Waals surface area contributed by atoms with E-state index in [0.717, 1.165) is 55.6 Å². The number of carbonyl (C=O) groups is 1. The Morgan fingerprint density at radius 3 is 3.00 bits per heavy atom. The molecule has 2 aromatic rings. The van der Waals surface area contributed by atoms with Crippen molar-refractivity contribution in [1.82, 2.24) is 9.97 Å². The van der Waals surface area contributed by atoms with E-state index in [-0.39, 0.29) is 5.91 Å². The van der Waals surface area contributed by atoms with Gasteiger partial charge in [0.25, 0.3) is 5.91 Å². The molecular weight excluding hydrogens is 344 g/mol. The standard InChI is InChI=1S/C20H26N4OS/c1-2-14-8-9-16-17(13-14)26-20(22-16)23-19(25)15-7-6-10-21-18(15)24-11-4-3-5-12-24/h6-7,10,14H,2-5,8-9,11-13H2,1H3,(H,22,23,25). The highest BCUT2D eigenvalue weighted by Crippen LogP contribution is 2.34. The Hall–Kier alpha value is -1.95. The van der Waals surface area contributed by atoms with Crippen LogP contribution in [0.15, 0.2) is 18.3 Å². The highest BCUT2D eigenvalue weighted by Gasteiger charge is 2.24. The van der Waals surface area contributed by atoms with Crippen molar-refractivity contribution in [2.45, 2.75) is 51.9 Å². The number of nitrogens with one attached hydrogen (secondary N) is 1. The fourth-order valence-corrected chi connectivity index (χ4v) is 5.06. The molecule has 2 aromatic heterocycles. The van der Waals surface area contributed by atoms with E-state index in [4.69, 9.17) is 0 Å². The van der Waals surface area contributed by atoms with E-state index in [1.54, 1.807) is 17.5 Å². The van der Waals surface area contributed by atoms with Crippen LogP contribution >= 0.6 is 11.3 Å². The summed E-state index contributed by atoms with van der Waals surface area (Å²) < 4.78 is 0. The molecule has 1 amide bonds. The number of anilines is 2. The molecule has 1 saturated heterocycles. The summed E-state index contributed by atoms with van der Waals surface area (Å²) in [5, 5.41) is 3.76. The number of fused-ring (bicyclic) bond motifs is 1. The number of thiazole rings is 1. The van der Waals surface area contributed by atoms with Crippen LogP contribution in [0.4, 0.5) is 10.9 Å². The largest absolute Gasteiger partial charge is 0.356 e. The van der Waals surface area contributed by atoms with Crippen LogP contribution in [-0.2, 0) is 12.8 Å². The molecule has 2 aliphatic rings. The molecule has 3 heterocycles. The van der Waals surface area contributed by atoms with Crippen molar-refractivity contribution < 1.29 is 4.79 Å². The van der Waals surface area contributed by atoms with Crippen molar-refractivity contribution in [2.75, 3.05) is 23.3 Å².